The number of ether oxygens (including phenoxy) is 2. The van der Waals surface area contributed by atoms with Gasteiger partial charge in [-0.3, -0.25) is 4.98 Å². The summed E-state index contributed by atoms with van der Waals surface area (Å²) in [6.45, 7) is 4.00. The number of pyridine rings is 1. The van der Waals surface area contributed by atoms with Crippen LogP contribution in [-0.2, 0) is 0 Å². The molecule has 0 N–H and O–H groups in total. The summed E-state index contributed by atoms with van der Waals surface area (Å²) in [7, 11) is 3.20. The normalized spacial score (nSPS) is 9.47. The molecular weight excluding hydrogens is 238 g/mol. The van der Waals surface area contributed by atoms with E-state index >= 15 is 0 Å². The summed E-state index contributed by atoms with van der Waals surface area (Å²) in [6.07, 6.45) is 1.66. The third kappa shape index (κ3) is 2.80. The molecule has 92 valence electrons. The molecule has 0 saturated heterocycles. The molecule has 17 heavy (non-hydrogen) atoms. The Labute approximate surface area is 106 Å². The number of benzene rings is 1. The molecule has 1 aromatic carbocycles. The van der Waals surface area contributed by atoms with Gasteiger partial charge >= 0.3 is 0 Å². The zero-order valence-electron chi connectivity index (χ0n) is 10.5. The molecular formula is C13H16ClNO2. The number of aromatic nitrogens is 1. The van der Waals surface area contributed by atoms with Crippen molar-refractivity contribution in [3.63, 3.8) is 0 Å². The minimum atomic E-state index is 0.625. The first-order chi connectivity index (χ1) is 8.26. The SMILES string of the molecule is CC.COc1cc(OC)c2c(Cl)ccnc2c1. The van der Waals surface area contributed by atoms with Gasteiger partial charge in [0.25, 0.3) is 0 Å². The number of methoxy groups -OCH3 is 2. The molecule has 0 saturated carbocycles. The van der Waals surface area contributed by atoms with Gasteiger partial charge in [0, 0.05) is 18.3 Å². The van der Waals surface area contributed by atoms with Gasteiger partial charge in [-0.05, 0) is 6.07 Å². The van der Waals surface area contributed by atoms with Crippen LogP contribution in [0.2, 0.25) is 5.02 Å². The number of nitrogens with zero attached hydrogens (tertiary/aromatic N) is 1. The topological polar surface area (TPSA) is 31.4 Å². The second kappa shape index (κ2) is 6.30. The van der Waals surface area contributed by atoms with E-state index in [-0.39, 0.29) is 0 Å². The Morgan fingerprint density at radius 2 is 1.82 bits per heavy atom. The number of rotatable bonds is 2. The maximum atomic E-state index is 6.08. The van der Waals surface area contributed by atoms with Crippen molar-refractivity contribution in [2.75, 3.05) is 14.2 Å². The van der Waals surface area contributed by atoms with Crippen LogP contribution in [0.1, 0.15) is 13.8 Å². The summed E-state index contributed by atoms with van der Waals surface area (Å²) >= 11 is 6.08. The highest BCUT2D eigenvalue weighted by atomic mass is 35.5. The van der Waals surface area contributed by atoms with Crippen LogP contribution in [0.25, 0.3) is 10.9 Å². The molecule has 0 aliphatic rings. The minimum absolute atomic E-state index is 0.625. The number of hydrogen-bond acceptors (Lipinski definition) is 3. The maximum Gasteiger partial charge on any atom is 0.133 e. The van der Waals surface area contributed by atoms with E-state index in [0.29, 0.717) is 16.5 Å². The van der Waals surface area contributed by atoms with E-state index < -0.39 is 0 Å². The fraction of sp³-hybridized carbons (Fsp3) is 0.308. The summed E-state index contributed by atoms with van der Waals surface area (Å²) in [5.74, 6) is 1.37. The molecule has 0 amide bonds. The summed E-state index contributed by atoms with van der Waals surface area (Å²) in [4.78, 5) is 4.21. The van der Waals surface area contributed by atoms with Crippen molar-refractivity contribution in [3.8, 4) is 11.5 Å². The average Bonchev–Trinajstić information content (AvgIpc) is 2.40. The Hall–Kier alpha value is -1.48. The molecule has 0 aliphatic carbocycles. The summed E-state index contributed by atoms with van der Waals surface area (Å²) in [6, 6.07) is 5.35. The standard InChI is InChI=1S/C11H10ClNO2.C2H6/c1-14-7-5-9-11(10(6-7)15-2)8(12)3-4-13-9;1-2/h3-6H,1-2H3;1-2H3. The van der Waals surface area contributed by atoms with Crippen molar-refractivity contribution < 1.29 is 9.47 Å². The van der Waals surface area contributed by atoms with Gasteiger partial charge in [-0.2, -0.15) is 0 Å². The highest BCUT2D eigenvalue weighted by Gasteiger charge is 2.08. The molecule has 3 nitrogen and oxygen atoms in total. The fourth-order valence-corrected chi connectivity index (χ4v) is 1.71. The number of halogens is 1. The first kappa shape index (κ1) is 13.6. The molecule has 4 heteroatoms. The summed E-state index contributed by atoms with van der Waals surface area (Å²) < 4.78 is 10.4. The monoisotopic (exact) mass is 253 g/mol. The van der Waals surface area contributed by atoms with Crippen LogP contribution >= 0.6 is 11.6 Å². The third-order valence-corrected chi connectivity index (χ3v) is 2.50. The first-order valence-electron chi connectivity index (χ1n) is 5.42. The van der Waals surface area contributed by atoms with Crippen LogP contribution in [-0.4, -0.2) is 19.2 Å². The first-order valence-corrected chi connectivity index (χ1v) is 5.80. The van der Waals surface area contributed by atoms with E-state index in [4.69, 9.17) is 21.1 Å². The molecule has 0 aliphatic heterocycles. The molecule has 0 unspecified atom stereocenters. The van der Waals surface area contributed by atoms with Gasteiger partial charge in [-0.25, -0.2) is 0 Å². The summed E-state index contributed by atoms with van der Waals surface area (Å²) in [5, 5.41) is 1.43. The lowest BCUT2D eigenvalue weighted by atomic mass is 10.2. The van der Waals surface area contributed by atoms with Crippen LogP contribution < -0.4 is 9.47 Å². The zero-order chi connectivity index (χ0) is 12.8. The molecule has 1 aromatic heterocycles. The second-order valence-corrected chi connectivity index (χ2v) is 3.42. The van der Waals surface area contributed by atoms with Crippen molar-refractivity contribution >= 4 is 22.5 Å². The Morgan fingerprint density at radius 1 is 1.12 bits per heavy atom. The maximum absolute atomic E-state index is 6.08. The lowest BCUT2D eigenvalue weighted by molar-refractivity contribution is 0.398. The number of hydrogen-bond donors (Lipinski definition) is 0. The van der Waals surface area contributed by atoms with Gasteiger partial charge < -0.3 is 9.47 Å². The van der Waals surface area contributed by atoms with Crippen LogP contribution in [0.3, 0.4) is 0 Å². The van der Waals surface area contributed by atoms with Gasteiger partial charge in [0.05, 0.1) is 30.1 Å². The predicted octanol–water partition coefficient (Wildman–Crippen LogP) is 3.93. The van der Waals surface area contributed by atoms with E-state index in [1.54, 1.807) is 32.5 Å². The molecule has 2 rings (SSSR count). The van der Waals surface area contributed by atoms with Crippen molar-refractivity contribution in [1.82, 2.24) is 4.98 Å². The molecule has 0 atom stereocenters. The van der Waals surface area contributed by atoms with Gasteiger partial charge in [0.1, 0.15) is 11.5 Å². The van der Waals surface area contributed by atoms with Crippen molar-refractivity contribution in [1.29, 1.82) is 0 Å². The van der Waals surface area contributed by atoms with Gasteiger partial charge in [0.2, 0.25) is 0 Å². The van der Waals surface area contributed by atoms with Crippen molar-refractivity contribution in [3.05, 3.63) is 29.4 Å². The lowest BCUT2D eigenvalue weighted by Crippen LogP contribution is -1.90. The van der Waals surface area contributed by atoms with E-state index in [1.165, 1.54) is 0 Å². The Morgan fingerprint density at radius 3 is 2.41 bits per heavy atom. The second-order valence-electron chi connectivity index (χ2n) is 3.02. The highest BCUT2D eigenvalue weighted by Crippen LogP contribution is 2.34. The van der Waals surface area contributed by atoms with E-state index in [1.807, 2.05) is 19.9 Å². The molecule has 0 radical (unpaired) electrons. The van der Waals surface area contributed by atoms with Gasteiger partial charge in [-0.1, -0.05) is 25.4 Å². The Balaban J connectivity index is 0.000000686. The number of fused-ring (bicyclic) bond motifs is 1. The average molecular weight is 254 g/mol. The largest absolute Gasteiger partial charge is 0.497 e. The molecule has 1 heterocycles. The smallest absolute Gasteiger partial charge is 0.133 e. The predicted molar refractivity (Wildman–Crippen MR) is 71.2 cm³/mol. The molecule has 0 fully saturated rings. The highest BCUT2D eigenvalue weighted by molar-refractivity contribution is 6.35. The summed E-state index contributed by atoms with van der Waals surface area (Å²) in [5.41, 5.74) is 0.763. The third-order valence-electron chi connectivity index (χ3n) is 2.18. The lowest BCUT2D eigenvalue weighted by Gasteiger charge is -2.08. The van der Waals surface area contributed by atoms with E-state index in [2.05, 4.69) is 4.98 Å². The van der Waals surface area contributed by atoms with E-state index in [0.717, 1.165) is 10.9 Å². The van der Waals surface area contributed by atoms with Crippen LogP contribution in [0, 0.1) is 0 Å². The Bertz CT molecular complexity index is 500. The van der Waals surface area contributed by atoms with Gasteiger partial charge in [-0.15, -0.1) is 0 Å². The van der Waals surface area contributed by atoms with E-state index in [9.17, 15) is 0 Å². The van der Waals surface area contributed by atoms with Crippen molar-refractivity contribution in [2.24, 2.45) is 0 Å². The molecule has 0 bridgehead atoms. The van der Waals surface area contributed by atoms with Gasteiger partial charge in [0.15, 0.2) is 0 Å². The quantitative estimate of drug-likeness (QED) is 0.813. The van der Waals surface area contributed by atoms with Crippen LogP contribution in [0.5, 0.6) is 11.5 Å². The molecule has 2 aromatic rings. The van der Waals surface area contributed by atoms with Crippen LogP contribution in [0.4, 0.5) is 0 Å². The molecule has 0 spiro atoms. The Kier molecular flexibility index (Phi) is 5.04. The van der Waals surface area contributed by atoms with Crippen molar-refractivity contribution in [2.45, 2.75) is 13.8 Å². The fourth-order valence-electron chi connectivity index (χ4n) is 1.46. The van der Waals surface area contributed by atoms with Crippen LogP contribution in [0.15, 0.2) is 24.4 Å². The minimum Gasteiger partial charge on any atom is -0.497 e. The zero-order valence-corrected chi connectivity index (χ0v) is 11.2.